The van der Waals surface area contributed by atoms with Crippen LogP contribution in [0, 0.1) is 0 Å². The largest absolute Gasteiger partial charge is 0.461 e. The van der Waals surface area contributed by atoms with Gasteiger partial charge < -0.3 is 14.2 Å². The van der Waals surface area contributed by atoms with Gasteiger partial charge in [-0.15, -0.1) is 0 Å². The van der Waals surface area contributed by atoms with Crippen molar-refractivity contribution in [1.29, 1.82) is 0 Å². The van der Waals surface area contributed by atoms with E-state index < -0.39 is 11.9 Å². The van der Waals surface area contributed by atoms with E-state index in [9.17, 15) is 14.4 Å². The van der Waals surface area contributed by atoms with Gasteiger partial charge in [-0.2, -0.15) is 0 Å². The van der Waals surface area contributed by atoms with Gasteiger partial charge in [0.1, 0.15) is 19.3 Å². The molecule has 0 radical (unpaired) electrons. The first-order chi connectivity index (χ1) is 14.4. The molecule has 1 aromatic carbocycles. The summed E-state index contributed by atoms with van der Waals surface area (Å²) >= 11 is 0. The zero-order chi connectivity index (χ0) is 21.8. The van der Waals surface area contributed by atoms with E-state index >= 15 is 0 Å². The number of carbonyl (C=O) groups excluding carboxylic acids is 3. The standard InChI is InChI=1S/C24H30O6/c1-18(25)28-16-22(17-29-19(2)26)14-20-10-12-21(13-11-20)15-24(27)30-23-8-6-4-3-5-7-9-23/h6,8,10-14,23H,3-5,7,9,15-17H2,1-2H3/b8-6+. The van der Waals surface area contributed by atoms with E-state index in [1.54, 1.807) is 6.08 Å². The molecule has 0 N–H and O–H groups in total. The lowest BCUT2D eigenvalue weighted by atomic mass is 10.0. The zero-order valence-electron chi connectivity index (χ0n) is 17.7. The molecule has 6 heteroatoms. The highest BCUT2D eigenvalue weighted by Gasteiger charge is 2.13. The van der Waals surface area contributed by atoms with Crippen molar-refractivity contribution in [2.75, 3.05) is 13.2 Å². The highest BCUT2D eigenvalue weighted by molar-refractivity contribution is 5.73. The van der Waals surface area contributed by atoms with Crippen molar-refractivity contribution in [1.82, 2.24) is 0 Å². The Morgan fingerprint density at radius 3 is 2.27 bits per heavy atom. The van der Waals surface area contributed by atoms with Crippen LogP contribution in [0.15, 0.2) is 42.0 Å². The second-order valence-corrected chi connectivity index (χ2v) is 7.38. The van der Waals surface area contributed by atoms with Crippen LogP contribution in [0.1, 0.15) is 57.1 Å². The van der Waals surface area contributed by atoms with Gasteiger partial charge in [0, 0.05) is 19.4 Å². The number of benzene rings is 1. The monoisotopic (exact) mass is 414 g/mol. The van der Waals surface area contributed by atoms with Crippen molar-refractivity contribution < 1.29 is 28.6 Å². The molecule has 0 spiro atoms. The minimum Gasteiger partial charge on any atom is -0.461 e. The Balaban J connectivity index is 1.94. The molecule has 0 fully saturated rings. The highest BCUT2D eigenvalue weighted by atomic mass is 16.5. The average Bonchev–Trinajstić information content (AvgIpc) is 2.67. The third-order valence-corrected chi connectivity index (χ3v) is 4.61. The predicted molar refractivity (Wildman–Crippen MR) is 113 cm³/mol. The molecule has 0 aromatic heterocycles. The first-order valence-corrected chi connectivity index (χ1v) is 10.3. The van der Waals surface area contributed by atoms with E-state index in [1.807, 2.05) is 30.3 Å². The first-order valence-electron chi connectivity index (χ1n) is 10.3. The molecule has 1 aromatic rings. The molecule has 0 bridgehead atoms. The van der Waals surface area contributed by atoms with Crippen LogP contribution in [-0.2, 0) is 35.0 Å². The summed E-state index contributed by atoms with van der Waals surface area (Å²) in [6, 6.07) is 7.44. The number of allylic oxidation sites excluding steroid dienone is 1. The average molecular weight is 414 g/mol. The summed E-state index contributed by atoms with van der Waals surface area (Å²) in [5.41, 5.74) is 2.36. The number of esters is 3. The van der Waals surface area contributed by atoms with Crippen molar-refractivity contribution in [2.45, 2.75) is 58.5 Å². The highest BCUT2D eigenvalue weighted by Crippen LogP contribution is 2.16. The summed E-state index contributed by atoms with van der Waals surface area (Å²) in [5, 5.41) is 0. The van der Waals surface area contributed by atoms with Gasteiger partial charge in [-0.25, -0.2) is 0 Å². The van der Waals surface area contributed by atoms with Gasteiger partial charge in [0.2, 0.25) is 0 Å². The Bertz CT molecular complexity index is 755. The van der Waals surface area contributed by atoms with E-state index in [4.69, 9.17) is 14.2 Å². The Labute approximate surface area is 177 Å². The molecule has 0 saturated carbocycles. The van der Waals surface area contributed by atoms with Gasteiger partial charge in [0.25, 0.3) is 0 Å². The van der Waals surface area contributed by atoms with Gasteiger partial charge in [-0.05, 0) is 49.0 Å². The lowest BCUT2D eigenvalue weighted by Crippen LogP contribution is -2.18. The van der Waals surface area contributed by atoms with Crippen LogP contribution in [0.4, 0.5) is 0 Å². The number of hydrogen-bond donors (Lipinski definition) is 0. The molecule has 1 atom stereocenters. The number of carbonyl (C=O) groups is 3. The quantitative estimate of drug-likeness (QED) is 0.361. The van der Waals surface area contributed by atoms with Gasteiger partial charge in [0.05, 0.1) is 6.42 Å². The molecule has 162 valence electrons. The van der Waals surface area contributed by atoms with E-state index in [-0.39, 0.29) is 31.7 Å². The van der Waals surface area contributed by atoms with Crippen LogP contribution < -0.4 is 0 Å². The van der Waals surface area contributed by atoms with Gasteiger partial charge in [-0.1, -0.05) is 36.8 Å². The predicted octanol–water partition coefficient (Wildman–Crippen LogP) is 4.17. The molecule has 1 unspecified atom stereocenters. The molecular formula is C24H30O6. The molecule has 1 aliphatic rings. The fraction of sp³-hybridized carbons (Fsp3) is 0.458. The Morgan fingerprint density at radius 1 is 0.967 bits per heavy atom. The maximum absolute atomic E-state index is 12.3. The third-order valence-electron chi connectivity index (χ3n) is 4.61. The molecule has 2 rings (SSSR count). The maximum Gasteiger partial charge on any atom is 0.310 e. The summed E-state index contributed by atoms with van der Waals surface area (Å²) in [6.07, 6.45) is 11.3. The van der Waals surface area contributed by atoms with Crippen LogP contribution in [0.3, 0.4) is 0 Å². The normalized spacial score (nSPS) is 17.1. The van der Waals surface area contributed by atoms with Crippen molar-refractivity contribution >= 4 is 24.0 Å². The minimum atomic E-state index is -0.406. The first kappa shape index (κ1) is 23.4. The van der Waals surface area contributed by atoms with Crippen LogP contribution in [0.5, 0.6) is 0 Å². The smallest absolute Gasteiger partial charge is 0.310 e. The van der Waals surface area contributed by atoms with Crippen molar-refractivity contribution in [2.24, 2.45) is 0 Å². The maximum atomic E-state index is 12.3. The van der Waals surface area contributed by atoms with Gasteiger partial charge in [0.15, 0.2) is 0 Å². The van der Waals surface area contributed by atoms with E-state index in [1.165, 1.54) is 26.7 Å². The zero-order valence-corrected chi connectivity index (χ0v) is 17.7. The fourth-order valence-electron chi connectivity index (χ4n) is 3.09. The molecule has 30 heavy (non-hydrogen) atoms. The summed E-state index contributed by atoms with van der Waals surface area (Å²) < 4.78 is 15.6. The van der Waals surface area contributed by atoms with Crippen molar-refractivity contribution in [3.63, 3.8) is 0 Å². The number of rotatable bonds is 8. The summed E-state index contributed by atoms with van der Waals surface area (Å²) in [5.74, 6) is -1.05. The lowest BCUT2D eigenvalue weighted by Gasteiger charge is -2.16. The lowest BCUT2D eigenvalue weighted by molar-refractivity contribution is -0.146. The van der Waals surface area contributed by atoms with Gasteiger partial charge in [-0.3, -0.25) is 14.4 Å². The van der Waals surface area contributed by atoms with E-state index in [2.05, 4.69) is 6.08 Å². The molecule has 0 amide bonds. The molecule has 6 nitrogen and oxygen atoms in total. The van der Waals surface area contributed by atoms with Crippen LogP contribution in [0.2, 0.25) is 0 Å². The third kappa shape index (κ3) is 9.54. The Kier molecular flexibility index (Phi) is 9.84. The Morgan fingerprint density at radius 2 is 1.63 bits per heavy atom. The van der Waals surface area contributed by atoms with Crippen molar-refractivity contribution in [3.05, 3.63) is 53.1 Å². The number of hydrogen-bond acceptors (Lipinski definition) is 6. The minimum absolute atomic E-state index is 0.0472. The van der Waals surface area contributed by atoms with Crippen LogP contribution >= 0.6 is 0 Å². The molecule has 0 aliphatic heterocycles. The summed E-state index contributed by atoms with van der Waals surface area (Å²) in [4.78, 5) is 34.4. The van der Waals surface area contributed by atoms with Crippen LogP contribution in [0.25, 0.3) is 6.08 Å². The topological polar surface area (TPSA) is 78.9 Å². The summed E-state index contributed by atoms with van der Waals surface area (Å²) in [6.45, 7) is 2.74. The Hall–Kier alpha value is -2.89. The second-order valence-electron chi connectivity index (χ2n) is 7.38. The SMILES string of the molecule is CC(=O)OCC(=Cc1ccc(CC(=O)OC2/C=C/CCCCC2)cc1)COC(C)=O. The molecule has 1 aliphatic carbocycles. The summed E-state index contributed by atoms with van der Waals surface area (Å²) in [7, 11) is 0. The van der Waals surface area contributed by atoms with Crippen molar-refractivity contribution in [3.8, 4) is 0 Å². The van der Waals surface area contributed by atoms with E-state index in [0.717, 1.165) is 30.4 Å². The second kappa shape index (κ2) is 12.6. The van der Waals surface area contributed by atoms with Gasteiger partial charge >= 0.3 is 17.9 Å². The van der Waals surface area contributed by atoms with E-state index in [0.29, 0.717) is 5.57 Å². The molecule has 0 saturated heterocycles. The van der Waals surface area contributed by atoms with Crippen LogP contribution in [-0.4, -0.2) is 37.2 Å². The molecule has 0 heterocycles. The number of ether oxygens (including phenoxy) is 3. The fourth-order valence-corrected chi connectivity index (χ4v) is 3.09. The molecular weight excluding hydrogens is 384 g/mol.